The van der Waals surface area contributed by atoms with Crippen LogP contribution in [0, 0.1) is 13.8 Å². The number of hydrogen-bond acceptors (Lipinski definition) is 4. The fourth-order valence-electron chi connectivity index (χ4n) is 2.69. The summed E-state index contributed by atoms with van der Waals surface area (Å²) in [5, 5.41) is 0.792. The number of benzene rings is 1. The van der Waals surface area contributed by atoms with E-state index in [0.717, 1.165) is 29.2 Å². The minimum Gasteiger partial charge on any atom is -0.495 e. The first-order valence-corrected chi connectivity index (χ1v) is 9.75. The average molecular weight is 401 g/mol. The lowest BCUT2D eigenvalue weighted by atomic mass is 10.0. The Hall–Kier alpha value is -2.60. The van der Waals surface area contributed by atoms with E-state index in [-0.39, 0.29) is 12.3 Å². The van der Waals surface area contributed by atoms with Crippen molar-refractivity contribution in [2.45, 2.75) is 33.6 Å². The van der Waals surface area contributed by atoms with Crippen LogP contribution in [-0.2, 0) is 4.79 Å². The fraction of sp³-hybridized carbons (Fsp3) is 0.273. The summed E-state index contributed by atoms with van der Waals surface area (Å²) in [5.41, 5.74) is 5.00. The van der Waals surface area contributed by atoms with E-state index >= 15 is 0 Å². The van der Waals surface area contributed by atoms with Gasteiger partial charge < -0.3 is 9.53 Å². The van der Waals surface area contributed by atoms with Crippen LogP contribution in [0.3, 0.4) is 0 Å². The summed E-state index contributed by atoms with van der Waals surface area (Å²) < 4.78 is 19.8. The van der Waals surface area contributed by atoms with E-state index < -0.39 is 0 Å². The number of rotatable bonds is 6. The summed E-state index contributed by atoms with van der Waals surface area (Å²) in [4.78, 5) is 13.7. The number of carbonyl (C=O) groups excluding carboxylic acids is 1. The number of nitrogens with zero attached hydrogens (tertiary/aromatic N) is 2. The van der Waals surface area contributed by atoms with Gasteiger partial charge in [-0.1, -0.05) is 36.8 Å². The number of aryl methyl sites for hydroxylation is 2. The van der Waals surface area contributed by atoms with E-state index in [4.69, 9.17) is 4.74 Å². The number of hydrogen-bond donors (Lipinski definition) is 0. The summed E-state index contributed by atoms with van der Waals surface area (Å²) in [6.45, 7) is 6.13. The van der Waals surface area contributed by atoms with Gasteiger partial charge in [0.15, 0.2) is 18.0 Å². The van der Waals surface area contributed by atoms with E-state index in [9.17, 15) is 8.68 Å². The highest BCUT2D eigenvalue weighted by Crippen LogP contribution is 2.32. The van der Waals surface area contributed by atoms with E-state index in [0.29, 0.717) is 17.8 Å². The zero-order valence-electron chi connectivity index (χ0n) is 16.6. The van der Waals surface area contributed by atoms with Crippen molar-refractivity contribution in [1.29, 1.82) is 0 Å². The number of methoxy groups -OCH3 is 1. The third-order valence-corrected chi connectivity index (χ3v) is 4.66. The molecule has 3 aromatic rings. The van der Waals surface area contributed by atoms with Crippen molar-refractivity contribution in [3.63, 3.8) is 0 Å². The number of fused-ring (bicyclic) bond motifs is 1. The number of halogens is 1. The van der Waals surface area contributed by atoms with Gasteiger partial charge in [0, 0.05) is 24.4 Å². The van der Waals surface area contributed by atoms with Crippen LogP contribution in [-0.4, -0.2) is 22.4 Å². The molecular weight excluding hydrogens is 375 g/mol. The van der Waals surface area contributed by atoms with Crippen LogP contribution < -0.4 is 4.74 Å². The first-order chi connectivity index (χ1) is 13.5. The van der Waals surface area contributed by atoms with E-state index in [1.165, 1.54) is 15.1 Å². The summed E-state index contributed by atoms with van der Waals surface area (Å²) in [6, 6.07) is 8.15. The number of aldehydes is 1. The third-order valence-electron chi connectivity index (χ3n) is 4.22. The van der Waals surface area contributed by atoms with Gasteiger partial charge in [-0.2, -0.15) is 0 Å². The standard InChI is InChI=1S/C18H17FN2OS.C4H8O/c1-12-4-5-13(2)14(10-12)6-7-15-11-20-18-16(17(15)22-3)8-9-21(18)23-19;1-2-3-4-5/h4-11H,1-3H3;4H,2-3H2,1H3/b7-6+;. The van der Waals surface area contributed by atoms with Crippen LogP contribution in [0.5, 0.6) is 5.75 Å². The molecule has 0 spiro atoms. The van der Waals surface area contributed by atoms with Crippen LogP contribution in [0.1, 0.15) is 42.0 Å². The van der Waals surface area contributed by atoms with Gasteiger partial charge in [-0.3, -0.25) is 0 Å². The minimum absolute atomic E-state index is 0.124. The maximum Gasteiger partial charge on any atom is 0.171 e. The molecule has 0 fully saturated rings. The first kappa shape index (κ1) is 21.7. The zero-order chi connectivity index (χ0) is 20.5. The minimum atomic E-state index is 0.124. The van der Waals surface area contributed by atoms with Crippen LogP contribution in [0.25, 0.3) is 23.2 Å². The Labute approximate surface area is 169 Å². The normalized spacial score (nSPS) is 10.8. The summed E-state index contributed by atoms with van der Waals surface area (Å²) in [6.07, 6.45) is 9.99. The second-order valence-electron chi connectivity index (χ2n) is 6.34. The molecule has 0 aliphatic rings. The Balaban J connectivity index is 0.000000500. The van der Waals surface area contributed by atoms with Gasteiger partial charge in [-0.25, -0.2) is 8.96 Å². The van der Waals surface area contributed by atoms with E-state index in [1.54, 1.807) is 19.5 Å². The first-order valence-electron chi connectivity index (χ1n) is 9.07. The Morgan fingerprint density at radius 3 is 2.57 bits per heavy atom. The molecule has 0 unspecified atom stereocenters. The molecule has 0 saturated heterocycles. The van der Waals surface area contributed by atoms with Gasteiger partial charge in [0.25, 0.3) is 0 Å². The van der Waals surface area contributed by atoms with Crippen molar-refractivity contribution >= 4 is 41.8 Å². The highest BCUT2D eigenvalue weighted by atomic mass is 32.2. The number of unbranched alkanes of at least 4 members (excludes halogenated alkanes) is 1. The molecule has 28 heavy (non-hydrogen) atoms. The van der Waals surface area contributed by atoms with Crippen LogP contribution in [0.4, 0.5) is 3.89 Å². The van der Waals surface area contributed by atoms with Gasteiger partial charge in [-0.15, -0.1) is 3.89 Å². The highest BCUT2D eigenvalue weighted by Gasteiger charge is 2.12. The molecule has 6 heteroatoms. The molecule has 0 saturated carbocycles. The van der Waals surface area contributed by atoms with Gasteiger partial charge in [-0.05, 0) is 43.5 Å². The number of pyridine rings is 1. The van der Waals surface area contributed by atoms with Gasteiger partial charge >= 0.3 is 0 Å². The maximum atomic E-state index is 12.9. The second-order valence-corrected chi connectivity index (χ2v) is 6.87. The molecule has 0 radical (unpaired) electrons. The zero-order valence-corrected chi connectivity index (χ0v) is 17.4. The molecule has 0 amide bonds. The largest absolute Gasteiger partial charge is 0.495 e. The van der Waals surface area contributed by atoms with Crippen molar-refractivity contribution in [3.8, 4) is 5.75 Å². The maximum absolute atomic E-state index is 12.9. The summed E-state index contributed by atoms with van der Waals surface area (Å²) in [5.74, 6) is 0.698. The molecule has 148 valence electrons. The van der Waals surface area contributed by atoms with Gasteiger partial charge in [0.2, 0.25) is 0 Å². The Morgan fingerprint density at radius 2 is 1.96 bits per heavy atom. The summed E-state index contributed by atoms with van der Waals surface area (Å²) in [7, 11) is 1.62. The lowest BCUT2D eigenvalue weighted by Gasteiger charge is -2.07. The Bertz CT molecular complexity index is 967. The molecule has 0 bridgehead atoms. The molecular formula is C22H25FN2O2S. The predicted molar refractivity (Wildman–Crippen MR) is 116 cm³/mol. The molecule has 3 rings (SSSR count). The van der Waals surface area contributed by atoms with E-state index in [1.807, 2.05) is 19.1 Å². The SMILES string of the molecule is CCCC=O.COc1c(/C=C/c2cc(C)ccc2C)cnc2c1ccn2SF. The number of carbonyl (C=O) groups is 1. The Morgan fingerprint density at radius 1 is 1.21 bits per heavy atom. The summed E-state index contributed by atoms with van der Waals surface area (Å²) >= 11 is 0.124. The van der Waals surface area contributed by atoms with Crippen molar-refractivity contribution in [3.05, 3.63) is 58.9 Å². The highest BCUT2D eigenvalue weighted by molar-refractivity contribution is 7.92. The fourth-order valence-corrected chi connectivity index (χ4v) is 3.01. The van der Waals surface area contributed by atoms with Gasteiger partial charge in [0.1, 0.15) is 12.0 Å². The molecule has 2 heterocycles. The van der Waals surface area contributed by atoms with Gasteiger partial charge in [0.05, 0.1) is 12.5 Å². The smallest absolute Gasteiger partial charge is 0.171 e. The van der Waals surface area contributed by atoms with E-state index in [2.05, 4.69) is 43.1 Å². The van der Waals surface area contributed by atoms with Crippen molar-refractivity contribution in [2.24, 2.45) is 0 Å². The lowest BCUT2D eigenvalue weighted by Crippen LogP contribution is -1.92. The quantitative estimate of drug-likeness (QED) is 0.462. The van der Waals surface area contributed by atoms with Crippen molar-refractivity contribution in [1.82, 2.24) is 8.96 Å². The third kappa shape index (κ3) is 5.23. The number of aromatic nitrogens is 2. The molecule has 0 atom stereocenters. The molecule has 4 nitrogen and oxygen atoms in total. The number of ether oxygens (including phenoxy) is 1. The molecule has 0 aliphatic carbocycles. The van der Waals surface area contributed by atoms with Crippen molar-refractivity contribution in [2.75, 3.05) is 7.11 Å². The monoisotopic (exact) mass is 400 g/mol. The molecule has 0 aliphatic heterocycles. The van der Waals surface area contributed by atoms with Crippen molar-refractivity contribution < 1.29 is 13.4 Å². The lowest BCUT2D eigenvalue weighted by molar-refractivity contribution is -0.107. The Kier molecular flexibility index (Phi) is 8.26. The average Bonchev–Trinajstić information content (AvgIpc) is 3.12. The van der Waals surface area contributed by atoms with Crippen LogP contribution in [0.15, 0.2) is 36.7 Å². The molecule has 0 N–H and O–H groups in total. The molecule has 2 aromatic heterocycles. The molecule has 1 aromatic carbocycles. The van der Waals surface area contributed by atoms with Crippen LogP contribution >= 0.6 is 12.3 Å². The predicted octanol–water partition coefficient (Wildman–Crippen LogP) is 6.20. The van der Waals surface area contributed by atoms with Crippen LogP contribution in [0.2, 0.25) is 0 Å². The second kappa shape index (κ2) is 10.7. The topological polar surface area (TPSA) is 44.1 Å².